The largest absolute Gasteiger partial charge is 0.291 e. The van der Waals surface area contributed by atoms with E-state index in [1.54, 1.807) is 16.3 Å². The van der Waals surface area contributed by atoms with Crippen LogP contribution >= 0.6 is 11.3 Å². The van der Waals surface area contributed by atoms with Crippen molar-refractivity contribution in [1.82, 2.24) is 9.38 Å². The van der Waals surface area contributed by atoms with E-state index in [1.165, 1.54) is 62.0 Å². The highest BCUT2D eigenvalue weighted by Crippen LogP contribution is 2.34. The molecule has 0 aromatic carbocycles. The Hall–Kier alpha value is -0.830. The lowest BCUT2D eigenvalue weighted by Crippen LogP contribution is -1.97. The third-order valence-corrected chi connectivity index (χ3v) is 5.12. The van der Waals surface area contributed by atoms with Gasteiger partial charge in [-0.15, -0.1) is 11.3 Å². The number of imidazole rings is 1. The maximum Gasteiger partial charge on any atom is 0.194 e. The normalized spacial score (nSPS) is 19.8. The summed E-state index contributed by atoms with van der Waals surface area (Å²) < 4.78 is 2.51. The van der Waals surface area contributed by atoms with Gasteiger partial charge < -0.3 is 0 Å². The van der Waals surface area contributed by atoms with Gasteiger partial charge in [-0.25, -0.2) is 4.98 Å². The molecule has 16 heavy (non-hydrogen) atoms. The summed E-state index contributed by atoms with van der Waals surface area (Å²) in [6, 6.07) is 0. The Bertz CT molecular complexity index is 550. The highest BCUT2D eigenvalue weighted by molar-refractivity contribution is 7.17. The maximum absolute atomic E-state index is 4.86. The summed E-state index contributed by atoms with van der Waals surface area (Å²) in [5.74, 6) is 0. The van der Waals surface area contributed by atoms with Crippen LogP contribution in [0.5, 0.6) is 0 Å². The van der Waals surface area contributed by atoms with Crippen molar-refractivity contribution in [3.8, 4) is 0 Å². The van der Waals surface area contributed by atoms with E-state index >= 15 is 0 Å². The van der Waals surface area contributed by atoms with E-state index in [0.717, 1.165) is 0 Å². The van der Waals surface area contributed by atoms with Crippen LogP contribution in [0.3, 0.4) is 0 Å². The van der Waals surface area contributed by atoms with Crippen molar-refractivity contribution in [2.45, 2.75) is 51.4 Å². The molecule has 0 unspecified atom stereocenters. The molecule has 0 saturated heterocycles. The molecule has 0 saturated carbocycles. The van der Waals surface area contributed by atoms with E-state index in [-0.39, 0.29) is 0 Å². The predicted molar refractivity (Wildman–Crippen MR) is 66.4 cm³/mol. The molecule has 3 heteroatoms. The molecule has 2 aromatic heterocycles. The summed E-state index contributed by atoms with van der Waals surface area (Å²) in [6.07, 6.45) is 10.4. The molecule has 2 nitrogen and oxygen atoms in total. The standard InChI is InChI=1S/C13H16N2S/c1-2-5-9-10(6-3-1)15-11-7-4-8-12(11)16-13(15)14-9/h1-8H2. The number of nitrogens with zero attached hydrogens (tertiary/aromatic N) is 2. The lowest BCUT2D eigenvalue weighted by molar-refractivity contribution is 0.701. The third kappa shape index (κ3) is 1.15. The van der Waals surface area contributed by atoms with E-state index in [4.69, 9.17) is 4.98 Å². The molecule has 4 rings (SSSR count). The van der Waals surface area contributed by atoms with E-state index in [2.05, 4.69) is 4.40 Å². The molecular formula is C13H16N2S. The molecule has 0 radical (unpaired) electrons. The number of aryl methyl sites for hydroxylation is 4. The van der Waals surface area contributed by atoms with E-state index < -0.39 is 0 Å². The molecule has 2 aliphatic rings. The zero-order chi connectivity index (χ0) is 10.5. The fraction of sp³-hybridized carbons (Fsp3) is 0.615. The van der Waals surface area contributed by atoms with Gasteiger partial charge in [-0.05, 0) is 44.9 Å². The van der Waals surface area contributed by atoms with Crippen LogP contribution in [0.25, 0.3) is 4.96 Å². The van der Waals surface area contributed by atoms with Crippen LogP contribution in [0.4, 0.5) is 0 Å². The zero-order valence-electron chi connectivity index (χ0n) is 9.46. The second kappa shape index (κ2) is 3.33. The molecule has 84 valence electrons. The van der Waals surface area contributed by atoms with Crippen LogP contribution in [0.2, 0.25) is 0 Å². The summed E-state index contributed by atoms with van der Waals surface area (Å²) in [4.78, 5) is 7.74. The van der Waals surface area contributed by atoms with Gasteiger partial charge in [0, 0.05) is 16.3 Å². The van der Waals surface area contributed by atoms with Gasteiger partial charge in [0.1, 0.15) is 0 Å². The minimum absolute atomic E-state index is 1.21. The van der Waals surface area contributed by atoms with Gasteiger partial charge in [-0.1, -0.05) is 6.42 Å². The summed E-state index contributed by atoms with van der Waals surface area (Å²) in [7, 11) is 0. The Morgan fingerprint density at radius 1 is 0.875 bits per heavy atom. The second-order valence-corrected chi connectivity index (χ2v) is 6.07. The molecule has 2 aliphatic carbocycles. The highest BCUT2D eigenvalue weighted by atomic mass is 32.1. The molecule has 0 amide bonds. The van der Waals surface area contributed by atoms with Crippen LogP contribution in [-0.4, -0.2) is 9.38 Å². The molecule has 0 spiro atoms. The van der Waals surface area contributed by atoms with E-state index in [0.29, 0.717) is 0 Å². The smallest absolute Gasteiger partial charge is 0.194 e. The van der Waals surface area contributed by atoms with Crippen molar-refractivity contribution in [3.63, 3.8) is 0 Å². The number of hydrogen-bond donors (Lipinski definition) is 0. The minimum atomic E-state index is 1.21. The molecule has 2 heterocycles. The second-order valence-electron chi connectivity index (χ2n) is 5.01. The summed E-state index contributed by atoms with van der Waals surface area (Å²) in [5, 5.41) is 0. The summed E-state index contributed by atoms with van der Waals surface area (Å²) >= 11 is 1.94. The number of thiazole rings is 1. The lowest BCUT2D eigenvalue weighted by atomic mass is 10.2. The van der Waals surface area contributed by atoms with Crippen molar-refractivity contribution < 1.29 is 0 Å². The SMILES string of the molecule is C1CCc2nc3sc4c(n3c2CC1)CCC4. The number of fused-ring (bicyclic) bond motifs is 5. The fourth-order valence-electron chi connectivity index (χ4n) is 3.20. The molecule has 0 bridgehead atoms. The maximum atomic E-state index is 4.86. The van der Waals surface area contributed by atoms with Gasteiger partial charge >= 0.3 is 0 Å². The van der Waals surface area contributed by atoms with Gasteiger partial charge in [0.05, 0.1) is 5.69 Å². The molecule has 0 fully saturated rings. The Balaban J connectivity index is 1.99. The zero-order valence-corrected chi connectivity index (χ0v) is 10.3. The predicted octanol–water partition coefficient (Wildman–Crippen LogP) is 3.15. The van der Waals surface area contributed by atoms with Crippen molar-refractivity contribution in [1.29, 1.82) is 0 Å². The molecular weight excluding hydrogens is 216 g/mol. The topological polar surface area (TPSA) is 17.3 Å². The number of rotatable bonds is 0. The number of hydrogen-bond acceptors (Lipinski definition) is 2. The van der Waals surface area contributed by atoms with Gasteiger partial charge in [0.2, 0.25) is 0 Å². The van der Waals surface area contributed by atoms with Gasteiger partial charge in [0.15, 0.2) is 4.96 Å². The van der Waals surface area contributed by atoms with Crippen LogP contribution in [0.1, 0.15) is 47.6 Å². The van der Waals surface area contributed by atoms with Crippen LogP contribution in [0.15, 0.2) is 0 Å². The monoisotopic (exact) mass is 232 g/mol. The molecule has 0 atom stereocenters. The Kier molecular flexibility index (Phi) is 1.92. The minimum Gasteiger partial charge on any atom is -0.291 e. The van der Waals surface area contributed by atoms with Crippen molar-refractivity contribution in [2.24, 2.45) is 0 Å². The van der Waals surface area contributed by atoms with Gasteiger partial charge in [-0.3, -0.25) is 4.40 Å². The Labute approximate surface area is 99.3 Å². The Morgan fingerprint density at radius 2 is 1.75 bits per heavy atom. The van der Waals surface area contributed by atoms with Crippen molar-refractivity contribution in [3.05, 3.63) is 22.0 Å². The van der Waals surface area contributed by atoms with Crippen LogP contribution in [0, 0.1) is 0 Å². The highest BCUT2D eigenvalue weighted by Gasteiger charge is 2.23. The molecule has 0 aliphatic heterocycles. The molecule has 2 aromatic rings. The quantitative estimate of drug-likeness (QED) is 0.638. The summed E-state index contributed by atoms with van der Waals surface area (Å²) in [5.41, 5.74) is 4.54. The van der Waals surface area contributed by atoms with E-state index in [1.807, 2.05) is 11.3 Å². The fourth-order valence-corrected chi connectivity index (χ4v) is 4.44. The average molecular weight is 232 g/mol. The first-order chi connectivity index (χ1) is 7.93. The number of aromatic nitrogens is 2. The van der Waals surface area contributed by atoms with E-state index in [9.17, 15) is 0 Å². The third-order valence-electron chi connectivity index (χ3n) is 3.98. The lowest BCUT2D eigenvalue weighted by Gasteiger charge is -2.01. The van der Waals surface area contributed by atoms with Crippen molar-refractivity contribution in [2.75, 3.05) is 0 Å². The van der Waals surface area contributed by atoms with Crippen LogP contribution < -0.4 is 0 Å². The first-order valence-corrected chi connectivity index (χ1v) is 7.26. The van der Waals surface area contributed by atoms with Crippen molar-refractivity contribution >= 4 is 16.3 Å². The summed E-state index contributed by atoms with van der Waals surface area (Å²) in [6.45, 7) is 0. The Morgan fingerprint density at radius 3 is 2.75 bits per heavy atom. The van der Waals surface area contributed by atoms with Gasteiger partial charge in [0.25, 0.3) is 0 Å². The average Bonchev–Trinajstić information content (AvgIpc) is 2.85. The first-order valence-electron chi connectivity index (χ1n) is 6.44. The first kappa shape index (κ1) is 9.23. The van der Waals surface area contributed by atoms with Crippen LogP contribution in [-0.2, 0) is 25.7 Å². The molecule has 0 N–H and O–H groups in total. The van der Waals surface area contributed by atoms with Gasteiger partial charge in [-0.2, -0.15) is 0 Å².